The van der Waals surface area contributed by atoms with Crippen molar-refractivity contribution in [2.24, 2.45) is 17.6 Å². The van der Waals surface area contributed by atoms with E-state index in [1.165, 1.54) is 16.8 Å². The van der Waals surface area contributed by atoms with Gasteiger partial charge in [-0.05, 0) is 55.8 Å². The zero-order valence-corrected chi connectivity index (χ0v) is 22.2. The largest absolute Gasteiger partial charge is 0.474 e. The molecule has 1 saturated carbocycles. The smallest absolute Gasteiger partial charge is 0.257 e. The number of nitrogens with zero attached hydrogens (tertiary/aromatic N) is 6. The number of amides is 1. The lowest BCUT2D eigenvalue weighted by molar-refractivity contribution is 0.0750. The van der Waals surface area contributed by atoms with Crippen molar-refractivity contribution in [2.75, 3.05) is 19.8 Å². The zero-order valence-electron chi connectivity index (χ0n) is 22.2. The fraction of sp³-hybridized carbons (Fsp3) is 0.345. The highest BCUT2D eigenvalue weighted by molar-refractivity contribution is 5.95. The molecule has 1 aromatic carbocycles. The van der Waals surface area contributed by atoms with Gasteiger partial charge in [-0.15, -0.1) is 0 Å². The molecular weight excluding hydrogens is 516 g/mol. The number of carbonyl (C=O) groups is 1. The third kappa shape index (κ3) is 5.04. The number of pyridine rings is 1. The molecule has 1 saturated heterocycles. The fourth-order valence-corrected chi connectivity index (χ4v) is 5.20. The molecule has 0 radical (unpaired) electrons. The second-order valence-corrected chi connectivity index (χ2v) is 10.9. The molecule has 0 spiro atoms. The number of aromatic nitrogens is 5. The minimum atomic E-state index is -0.634. The lowest BCUT2D eigenvalue weighted by Crippen LogP contribution is -2.33. The molecule has 206 valence electrons. The predicted molar refractivity (Wildman–Crippen MR) is 143 cm³/mol. The molecule has 0 bridgehead atoms. The normalized spacial score (nSPS) is 19.9. The molecule has 9 nitrogen and oxygen atoms in total. The van der Waals surface area contributed by atoms with Gasteiger partial charge in [-0.3, -0.25) is 9.18 Å². The number of alkyl halides is 1. The SMILES string of the molecule is CC(C)(N)c1cc(O[C@H]2[C@@H]3CN(C(=O)c4cn(-c5ncccn5)nc4CCF)C[C@@H]32)nc(-c2ccc(F)cc2)c1. The van der Waals surface area contributed by atoms with Crippen LogP contribution in [0.4, 0.5) is 8.78 Å². The maximum absolute atomic E-state index is 13.5. The summed E-state index contributed by atoms with van der Waals surface area (Å²) in [6.07, 6.45) is 4.68. The van der Waals surface area contributed by atoms with Crippen molar-refractivity contribution < 1.29 is 18.3 Å². The van der Waals surface area contributed by atoms with Crippen LogP contribution in [0, 0.1) is 17.7 Å². The third-order valence-electron chi connectivity index (χ3n) is 7.45. The molecule has 4 aromatic rings. The van der Waals surface area contributed by atoms with Gasteiger partial charge in [-0.25, -0.2) is 24.0 Å². The van der Waals surface area contributed by atoms with E-state index in [9.17, 15) is 13.6 Å². The molecule has 2 N–H and O–H groups in total. The third-order valence-corrected chi connectivity index (χ3v) is 7.45. The van der Waals surface area contributed by atoms with E-state index in [4.69, 9.17) is 10.5 Å². The summed E-state index contributed by atoms with van der Waals surface area (Å²) < 4.78 is 34.4. The van der Waals surface area contributed by atoms with Gasteiger partial charge in [-0.1, -0.05) is 0 Å². The maximum Gasteiger partial charge on any atom is 0.257 e. The van der Waals surface area contributed by atoms with E-state index in [1.54, 1.807) is 41.7 Å². The van der Waals surface area contributed by atoms with Crippen molar-refractivity contribution in [1.29, 1.82) is 0 Å². The van der Waals surface area contributed by atoms with Crippen LogP contribution >= 0.6 is 0 Å². The van der Waals surface area contributed by atoms with E-state index in [0.717, 1.165) is 11.1 Å². The molecule has 1 aliphatic carbocycles. The number of halogens is 2. The van der Waals surface area contributed by atoms with Crippen LogP contribution in [0.15, 0.2) is 61.1 Å². The van der Waals surface area contributed by atoms with Gasteiger partial charge in [0.05, 0.1) is 23.6 Å². The van der Waals surface area contributed by atoms with Crippen LogP contribution < -0.4 is 10.5 Å². The van der Waals surface area contributed by atoms with E-state index in [2.05, 4.69) is 20.1 Å². The standard InChI is InChI=1S/C29H29F2N7O2/c1-29(2,32)18-12-24(17-4-6-19(31)7-5-17)35-25(13-18)40-26-20-14-37(15-21(20)26)27(39)22-16-38(36-23(22)8-9-30)28-33-10-3-11-34-28/h3-7,10-13,16,20-21,26H,8-9,14-15,32H2,1-2H3/t20-,21+,26+. The van der Waals surface area contributed by atoms with Gasteiger partial charge in [0.2, 0.25) is 11.8 Å². The second kappa shape index (κ2) is 10.1. The van der Waals surface area contributed by atoms with E-state index in [-0.39, 0.29) is 36.1 Å². The Morgan fingerprint density at radius 2 is 1.82 bits per heavy atom. The predicted octanol–water partition coefficient (Wildman–Crippen LogP) is 3.72. The van der Waals surface area contributed by atoms with E-state index < -0.39 is 12.2 Å². The number of ether oxygens (including phenoxy) is 1. The van der Waals surface area contributed by atoms with Crippen LogP contribution in [-0.4, -0.2) is 61.4 Å². The Hall–Kier alpha value is -4.25. The number of benzene rings is 1. The summed E-state index contributed by atoms with van der Waals surface area (Å²) in [7, 11) is 0. The summed E-state index contributed by atoms with van der Waals surface area (Å²) in [4.78, 5) is 28.2. The summed E-state index contributed by atoms with van der Waals surface area (Å²) in [5.41, 5.74) is 8.74. The van der Waals surface area contributed by atoms with E-state index in [1.807, 2.05) is 26.0 Å². The number of hydrogen-bond acceptors (Lipinski definition) is 7. The number of rotatable bonds is 8. The van der Waals surface area contributed by atoms with Gasteiger partial charge in [0.1, 0.15) is 11.9 Å². The summed E-state index contributed by atoms with van der Waals surface area (Å²) in [5.74, 6) is 0.563. The van der Waals surface area contributed by atoms with Gasteiger partial charge in [0.25, 0.3) is 5.91 Å². The minimum absolute atomic E-state index is 0.0310. The molecule has 1 amide bonds. The molecular formula is C29H29F2N7O2. The average molecular weight is 546 g/mol. The molecule has 3 aromatic heterocycles. The molecule has 0 unspecified atom stereocenters. The summed E-state index contributed by atoms with van der Waals surface area (Å²) >= 11 is 0. The van der Waals surface area contributed by atoms with Crippen LogP contribution in [0.25, 0.3) is 17.2 Å². The maximum atomic E-state index is 13.5. The fourth-order valence-electron chi connectivity index (χ4n) is 5.20. The minimum Gasteiger partial charge on any atom is -0.474 e. The lowest BCUT2D eigenvalue weighted by atomic mass is 9.95. The van der Waals surface area contributed by atoms with E-state index >= 15 is 0 Å². The van der Waals surface area contributed by atoms with Gasteiger partial charge >= 0.3 is 0 Å². The molecule has 6 rings (SSSR count). The Morgan fingerprint density at radius 3 is 2.48 bits per heavy atom. The van der Waals surface area contributed by atoms with Crippen molar-refractivity contribution >= 4 is 5.91 Å². The Kier molecular flexibility index (Phi) is 6.53. The second-order valence-electron chi connectivity index (χ2n) is 10.9. The molecule has 3 atom stereocenters. The molecule has 40 heavy (non-hydrogen) atoms. The number of hydrogen-bond donors (Lipinski definition) is 1. The number of fused-ring (bicyclic) bond motifs is 1. The first-order valence-corrected chi connectivity index (χ1v) is 13.2. The van der Waals surface area contributed by atoms with Gasteiger partial charge in [0, 0.05) is 67.1 Å². The lowest BCUT2D eigenvalue weighted by Gasteiger charge is -2.22. The van der Waals surface area contributed by atoms with Crippen molar-refractivity contribution in [1.82, 2.24) is 29.6 Å². The highest BCUT2D eigenvalue weighted by Gasteiger charge is 2.59. The highest BCUT2D eigenvalue weighted by atomic mass is 19.1. The molecule has 2 fully saturated rings. The zero-order chi connectivity index (χ0) is 28.0. The van der Waals surface area contributed by atoms with Crippen molar-refractivity contribution in [3.63, 3.8) is 0 Å². The number of carbonyl (C=O) groups excluding carboxylic acids is 1. The molecule has 4 heterocycles. The van der Waals surface area contributed by atoms with Crippen LogP contribution in [0.5, 0.6) is 5.88 Å². The monoisotopic (exact) mass is 545 g/mol. The van der Waals surface area contributed by atoms with Crippen LogP contribution in [0.1, 0.15) is 35.5 Å². The average Bonchev–Trinajstić information content (AvgIpc) is 3.26. The highest BCUT2D eigenvalue weighted by Crippen LogP contribution is 2.48. The van der Waals surface area contributed by atoms with Gasteiger partial charge in [0.15, 0.2) is 0 Å². The van der Waals surface area contributed by atoms with Crippen molar-refractivity contribution in [2.45, 2.75) is 31.9 Å². The Bertz CT molecular complexity index is 1520. The van der Waals surface area contributed by atoms with Crippen LogP contribution in [0.2, 0.25) is 0 Å². The van der Waals surface area contributed by atoms with Gasteiger partial charge in [-0.2, -0.15) is 5.10 Å². The van der Waals surface area contributed by atoms with Crippen molar-refractivity contribution in [3.05, 3.63) is 83.7 Å². The summed E-state index contributed by atoms with van der Waals surface area (Å²) in [6, 6.07) is 11.6. The first-order valence-electron chi connectivity index (χ1n) is 13.2. The Morgan fingerprint density at radius 1 is 1.12 bits per heavy atom. The number of piperidine rings is 1. The molecule has 11 heteroatoms. The Balaban J connectivity index is 1.17. The summed E-state index contributed by atoms with van der Waals surface area (Å²) in [6.45, 7) is 4.21. The van der Waals surface area contributed by atoms with Crippen LogP contribution in [0.3, 0.4) is 0 Å². The topological polar surface area (TPSA) is 112 Å². The van der Waals surface area contributed by atoms with Gasteiger partial charge < -0.3 is 15.4 Å². The number of nitrogens with two attached hydrogens (primary N) is 1. The molecule has 2 aliphatic rings. The van der Waals surface area contributed by atoms with Crippen molar-refractivity contribution in [3.8, 4) is 23.1 Å². The van der Waals surface area contributed by atoms with E-state index in [0.29, 0.717) is 41.9 Å². The van der Waals surface area contributed by atoms with Crippen LogP contribution in [-0.2, 0) is 12.0 Å². The first kappa shape index (κ1) is 26.0. The Labute approximate surface area is 230 Å². The first-order chi connectivity index (χ1) is 19.2. The summed E-state index contributed by atoms with van der Waals surface area (Å²) in [5, 5.41) is 4.37. The quantitative estimate of drug-likeness (QED) is 0.359. The number of aryl methyl sites for hydroxylation is 1. The molecule has 1 aliphatic heterocycles. The number of likely N-dealkylation sites (tertiary alicyclic amines) is 1.